The van der Waals surface area contributed by atoms with Crippen LogP contribution in [0.3, 0.4) is 0 Å². The molecule has 0 spiro atoms. The number of nitrogens with zero attached hydrogens (tertiary/aromatic N) is 2. The molecule has 0 fully saturated rings. The molecule has 0 radical (unpaired) electrons. The zero-order valence-corrected chi connectivity index (χ0v) is 11.1. The predicted molar refractivity (Wildman–Crippen MR) is 71.2 cm³/mol. The number of aromatic carboxylic acids is 1. The van der Waals surface area contributed by atoms with Crippen molar-refractivity contribution in [2.75, 3.05) is 5.32 Å². The maximum absolute atomic E-state index is 11.8. The van der Waals surface area contributed by atoms with Gasteiger partial charge in [0.15, 0.2) is 17.0 Å². The van der Waals surface area contributed by atoms with Crippen molar-refractivity contribution in [3.63, 3.8) is 0 Å². The van der Waals surface area contributed by atoms with Crippen LogP contribution in [0.15, 0.2) is 38.9 Å². The van der Waals surface area contributed by atoms with Gasteiger partial charge in [-0.25, -0.2) is 9.78 Å². The molecular weight excluding hydrogens is 298 g/mol. The molecule has 0 bridgehead atoms. The van der Waals surface area contributed by atoms with Crippen LogP contribution >= 0.6 is 11.3 Å². The quantitative estimate of drug-likeness (QED) is 0.759. The van der Waals surface area contributed by atoms with E-state index < -0.39 is 11.9 Å². The van der Waals surface area contributed by atoms with E-state index >= 15 is 0 Å². The van der Waals surface area contributed by atoms with Crippen LogP contribution in [0.2, 0.25) is 0 Å². The molecule has 2 N–H and O–H groups in total. The van der Waals surface area contributed by atoms with E-state index in [1.165, 1.54) is 35.9 Å². The second-order valence-electron chi connectivity index (χ2n) is 3.81. The second kappa shape index (κ2) is 5.21. The third-order valence-corrected chi connectivity index (χ3v) is 3.29. The lowest BCUT2D eigenvalue weighted by Gasteiger charge is -1.99. The number of anilines is 1. The minimum absolute atomic E-state index is 0.0264. The van der Waals surface area contributed by atoms with Crippen molar-refractivity contribution >= 4 is 29.1 Å². The molecule has 0 saturated carbocycles. The molecule has 0 atom stereocenters. The van der Waals surface area contributed by atoms with Crippen molar-refractivity contribution in [2.24, 2.45) is 0 Å². The van der Waals surface area contributed by atoms with Crippen LogP contribution in [-0.4, -0.2) is 27.1 Å². The Balaban J connectivity index is 1.96. The lowest BCUT2D eigenvalue weighted by molar-refractivity contribution is 0.0698. The molecule has 0 aromatic carbocycles. The number of thiazole rings is 1. The van der Waals surface area contributed by atoms with Crippen LogP contribution in [0.25, 0.3) is 10.7 Å². The highest BCUT2D eigenvalue weighted by atomic mass is 32.1. The number of nitrogens with one attached hydrogen (secondary N) is 1. The lowest BCUT2D eigenvalue weighted by atomic mass is 10.2. The Morgan fingerprint density at radius 1 is 1.38 bits per heavy atom. The molecular formula is C12H7N3O5S. The molecule has 0 unspecified atom stereocenters. The summed E-state index contributed by atoms with van der Waals surface area (Å²) in [6, 6.07) is 2.97. The van der Waals surface area contributed by atoms with E-state index in [1.807, 2.05) is 0 Å². The van der Waals surface area contributed by atoms with Gasteiger partial charge in [0.05, 0.1) is 6.26 Å². The number of hydrogen-bond donors (Lipinski definition) is 2. The van der Waals surface area contributed by atoms with E-state index in [0.29, 0.717) is 5.01 Å². The van der Waals surface area contributed by atoms with Gasteiger partial charge < -0.3 is 14.0 Å². The summed E-state index contributed by atoms with van der Waals surface area (Å²) in [5.41, 5.74) is -0.197. The number of hydrogen-bond acceptors (Lipinski definition) is 7. The van der Waals surface area contributed by atoms with Gasteiger partial charge in [-0.3, -0.25) is 10.1 Å². The number of aromatic nitrogens is 2. The molecule has 1 amide bonds. The van der Waals surface area contributed by atoms with Gasteiger partial charge in [0.1, 0.15) is 5.01 Å². The monoisotopic (exact) mass is 305 g/mol. The van der Waals surface area contributed by atoms with Crippen molar-refractivity contribution in [3.05, 3.63) is 41.3 Å². The molecule has 3 aromatic heterocycles. The number of carbonyl (C=O) groups excluding carboxylic acids is 1. The molecule has 8 nitrogen and oxygen atoms in total. The Hall–Kier alpha value is -2.94. The number of carboxylic acids is 1. The van der Waals surface area contributed by atoms with Crippen molar-refractivity contribution in [3.8, 4) is 10.7 Å². The molecule has 3 rings (SSSR count). The molecule has 21 heavy (non-hydrogen) atoms. The Kier molecular flexibility index (Phi) is 3.24. The molecule has 9 heteroatoms. The molecule has 3 heterocycles. The van der Waals surface area contributed by atoms with E-state index in [2.05, 4.69) is 15.5 Å². The number of carbonyl (C=O) groups is 2. The van der Waals surface area contributed by atoms with Gasteiger partial charge in [-0.15, -0.1) is 11.3 Å². The molecule has 0 aliphatic carbocycles. The van der Waals surface area contributed by atoms with E-state index in [0.717, 1.165) is 0 Å². The van der Waals surface area contributed by atoms with E-state index in [4.69, 9.17) is 8.94 Å². The highest BCUT2D eigenvalue weighted by molar-refractivity contribution is 7.13. The topological polar surface area (TPSA) is 118 Å². The smallest absolute Gasteiger partial charge is 0.343 e. The summed E-state index contributed by atoms with van der Waals surface area (Å²) in [6.45, 7) is 0. The lowest BCUT2D eigenvalue weighted by Crippen LogP contribution is -2.13. The summed E-state index contributed by atoms with van der Waals surface area (Å²) in [5, 5.41) is 17.3. The Bertz CT molecular complexity index is 776. The van der Waals surface area contributed by atoms with Crippen molar-refractivity contribution in [1.82, 2.24) is 10.1 Å². The fourth-order valence-corrected chi connectivity index (χ4v) is 2.26. The zero-order valence-electron chi connectivity index (χ0n) is 10.3. The van der Waals surface area contributed by atoms with Crippen molar-refractivity contribution in [1.29, 1.82) is 0 Å². The first kappa shape index (κ1) is 13.1. The molecule has 3 aromatic rings. The number of furan rings is 1. The van der Waals surface area contributed by atoms with Gasteiger partial charge in [-0.1, -0.05) is 5.16 Å². The third-order valence-electron chi connectivity index (χ3n) is 2.51. The summed E-state index contributed by atoms with van der Waals surface area (Å²) >= 11 is 1.21. The highest BCUT2D eigenvalue weighted by Gasteiger charge is 2.27. The van der Waals surface area contributed by atoms with Gasteiger partial charge >= 0.3 is 5.97 Å². The maximum Gasteiger partial charge on any atom is 0.343 e. The SMILES string of the molecule is O=C(Nc1onc(-c2nccs2)c1C(=O)O)c1ccco1. The normalized spacial score (nSPS) is 10.5. The minimum Gasteiger partial charge on any atom is -0.477 e. The van der Waals surface area contributed by atoms with Crippen LogP contribution in [0.5, 0.6) is 0 Å². The Morgan fingerprint density at radius 3 is 2.86 bits per heavy atom. The van der Waals surface area contributed by atoms with Crippen LogP contribution in [0.4, 0.5) is 5.88 Å². The summed E-state index contributed by atoms with van der Waals surface area (Å²) in [4.78, 5) is 27.2. The highest BCUT2D eigenvalue weighted by Crippen LogP contribution is 2.30. The average Bonchev–Trinajstić information content (AvgIpc) is 3.19. The molecule has 0 aliphatic heterocycles. The standard InChI is InChI=1S/C12H7N3O5S/c16-9(6-2-1-4-19-6)14-10-7(12(17)18)8(15-20-10)11-13-3-5-21-11/h1-5H,(H,14,16)(H,17,18). The van der Waals surface area contributed by atoms with Crippen LogP contribution in [0, 0.1) is 0 Å². The van der Waals surface area contributed by atoms with Crippen LogP contribution in [0.1, 0.15) is 20.9 Å². The van der Waals surface area contributed by atoms with Crippen LogP contribution < -0.4 is 5.32 Å². The van der Waals surface area contributed by atoms with Gasteiger partial charge in [-0.2, -0.15) is 0 Å². The number of rotatable bonds is 4. The summed E-state index contributed by atoms with van der Waals surface area (Å²) in [5.74, 6) is -2.16. The van der Waals surface area contributed by atoms with Crippen molar-refractivity contribution in [2.45, 2.75) is 0 Å². The maximum atomic E-state index is 11.8. The van der Waals surface area contributed by atoms with E-state index in [1.54, 1.807) is 5.38 Å². The van der Waals surface area contributed by atoms with E-state index in [-0.39, 0.29) is 22.9 Å². The fourth-order valence-electron chi connectivity index (χ4n) is 1.63. The molecule has 0 saturated heterocycles. The zero-order chi connectivity index (χ0) is 14.8. The van der Waals surface area contributed by atoms with Gasteiger partial charge in [0.25, 0.3) is 5.91 Å². The first-order chi connectivity index (χ1) is 10.2. The summed E-state index contributed by atoms with van der Waals surface area (Å²) in [7, 11) is 0. The van der Waals surface area contributed by atoms with E-state index in [9.17, 15) is 14.7 Å². The van der Waals surface area contributed by atoms with Crippen LogP contribution in [-0.2, 0) is 0 Å². The molecule has 0 aliphatic rings. The average molecular weight is 305 g/mol. The van der Waals surface area contributed by atoms with Gasteiger partial charge in [0, 0.05) is 11.6 Å². The van der Waals surface area contributed by atoms with Crippen molar-refractivity contribution < 1.29 is 23.6 Å². The third kappa shape index (κ3) is 2.41. The number of amides is 1. The first-order valence-corrected chi connectivity index (χ1v) is 6.52. The minimum atomic E-state index is -1.28. The van der Waals surface area contributed by atoms with Gasteiger partial charge in [0.2, 0.25) is 5.88 Å². The Labute approximate surface area is 121 Å². The fraction of sp³-hybridized carbons (Fsp3) is 0. The Morgan fingerprint density at radius 2 is 2.24 bits per heavy atom. The second-order valence-corrected chi connectivity index (χ2v) is 4.70. The number of carboxylic acid groups (broad SMARTS) is 1. The summed E-state index contributed by atoms with van der Waals surface area (Å²) < 4.78 is 9.83. The van der Waals surface area contributed by atoms with Gasteiger partial charge in [-0.05, 0) is 12.1 Å². The summed E-state index contributed by atoms with van der Waals surface area (Å²) in [6.07, 6.45) is 2.84. The first-order valence-electron chi connectivity index (χ1n) is 5.64. The molecule has 106 valence electrons. The largest absolute Gasteiger partial charge is 0.477 e. The predicted octanol–water partition coefficient (Wildman–Crippen LogP) is 2.34.